The van der Waals surface area contributed by atoms with Crippen LogP contribution in [0.3, 0.4) is 0 Å². The van der Waals surface area contributed by atoms with Crippen LogP contribution in [0.1, 0.15) is 57.3 Å². The molecule has 2 unspecified atom stereocenters. The Kier molecular flexibility index (Phi) is 8.81. The van der Waals surface area contributed by atoms with Crippen LogP contribution in [-0.4, -0.2) is 62.2 Å². The Morgan fingerprint density at radius 2 is 1.70 bits per heavy atom. The summed E-state index contributed by atoms with van der Waals surface area (Å²) in [5.74, 6) is -0.185. The number of hydrogen-bond acceptors (Lipinski definition) is 5. The van der Waals surface area contributed by atoms with Gasteiger partial charge in [-0.25, -0.2) is 13.1 Å². The molecule has 1 aromatic carbocycles. The van der Waals surface area contributed by atoms with Crippen LogP contribution in [0.4, 0.5) is 5.69 Å². The second kappa shape index (κ2) is 10.9. The zero-order chi connectivity index (χ0) is 22.3. The minimum absolute atomic E-state index is 0.0111. The monoisotopic (exact) mass is 439 g/mol. The van der Waals surface area contributed by atoms with Gasteiger partial charge in [0.15, 0.2) is 0 Å². The quantitative estimate of drug-likeness (QED) is 0.575. The fourth-order valence-corrected chi connectivity index (χ4v) is 4.00. The maximum atomic E-state index is 12.7. The first-order chi connectivity index (χ1) is 14.1. The van der Waals surface area contributed by atoms with Crippen LogP contribution in [0.2, 0.25) is 0 Å². The summed E-state index contributed by atoms with van der Waals surface area (Å²) in [4.78, 5) is 26.5. The standard InChI is InChI=1S/C21H33N3O5S/c1-15(2)30(27,28)22-12-6-5-7-20(25)23-19-10-8-18(9-11-19)21(26)24-13-16(3)29-17(4)14-24/h8-11,15-17,22H,5-7,12-14H2,1-4H3,(H,23,25). The van der Waals surface area contributed by atoms with Gasteiger partial charge in [-0.1, -0.05) is 0 Å². The van der Waals surface area contributed by atoms with Gasteiger partial charge in [-0.05, 0) is 64.8 Å². The van der Waals surface area contributed by atoms with Crippen molar-refractivity contribution >= 4 is 27.5 Å². The molecule has 1 saturated heterocycles. The summed E-state index contributed by atoms with van der Waals surface area (Å²) in [5.41, 5.74) is 1.20. The number of ether oxygens (including phenoxy) is 1. The first kappa shape index (κ1) is 24.3. The predicted octanol–water partition coefficient (Wildman–Crippen LogP) is 2.37. The molecule has 30 heavy (non-hydrogen) atoms. The number of carbonyl (C=O) groups excluding carboxylic acids is 2. The number of benzene rings is 1. The highest BCUT2D eigenvalue weighted by molar-refractivity contribution is 7.90. The lowest BCUT2D eigenvalue weighted by Crippen LogP contribution is -2.48. The van der Waals surface area contributed by atoms with Crippen LogP contribution in [0, 0.1) is 0 Å². The lowest BCUT2D eigenvalue weighted by atomic mass is 10.1. The Balaban J connectivity index is 1.76. The fourth-order valence-electron chi connectivity index (χ4n) is 3.24. The molecule has 168 valence electrons. The number of rotatable bonds is 9. The van der Waals surface area contributed by atoms with Crippen molar-refractivity contribution in [2.45, 2.75) is 64.4 Å². The largest absolute Gasteiger partial charge is 0.372 e. The summed E-state index contributed by atoms with van der Waals surface area (Å²) < 4.78 is 31.5. The van der Waals surface area contributed by atoms with Crippen molar-refractivity contribution in [2.75, 3.05) is 25.0 Å². The molecule has 0 aliphatic carbocycles. The average Bonchev–Trinajstić information content (AvgIpc) is 2.66. The molecule has 0 bridgehead atoms. The fraction of sp³-hybridized carbons (Fsp3) is 0.619. The molecule has 1 aliphatic rings. The van der Waals surface area contributed by atoms with Gasteiger partial charge >= 0.3 is 0 Å². The molecule has 1 fully saturated rings. The highest BCUT2D eigenvalue weighted by Gasteiger charge is 2.26. The van der Waals surface area contributed by atoms with Crippen LogP contribution < -0.4 is 10.0 Å². The van der Waals surface area contributed by atoms with Gasteiger partial charge in [-0.15, -0.1) is 0 Å². The zero-order valence-electron chi connectivity index (χ0n) is 18.2. The molecule has 2 rings (SSSR count). The van der Waals surface area contributed by atoms with E-state index in [2.05, 4.69) is 10.0 Å². The maximum Gasteiger partial charge on any atom is 0.254 e. The van der Waals surface area contributed by atoms with Gasteiger partial charge in [0.25, 0.3) is 5.91 Å². The van der Waals surface area contributed by atoms with Crippen molar-refractivity contribution in [1.29, 1.82) is 0 Å². The highest BCUT2D eigenvalue weighted by Crippen LogP contribution is 2.16. The van der Waals surface area contributed by atoms with Crippen LogP contribution in [-0.2, 0) is 19.6 Å². The van der Waals surface area contributed by atoms with Gasteiger partial charge in [-0.3, -0.25) is 9.59 Å². The van der Waals surface area contributed by atoms with E-state index in [0.717, 1.165) is 0 Å². The van der Waals surface area contributed by atoms with Gasteiger partial charge in [-0.2, -0.15) is 0 Å². The number of anilines is 1. The predicted molar refractivity (Wildman–Crippen MR) is 117 cm³/mol. The van der Waals surface area contributed by atoms with Crippen LogP contribution in [0.25, 0.3) is 0 Å². The molecule has 8 nitrogen and oxygen atoms in total. The molecule has 0 spiro atoms. The van der Waals surface area contributed by atoms with E-state index >= 15 is 0 Å². The third-order valence-corrected chi connectivity index (χ3v) is 6.72. The van der Waals surface area contributed by atoms with E-state index in [-0.39, 0.29) is 24.0 Å². The first-order valence-corrected chi connectivity index (χ1v) is 12.0. The van der Waals surface area contributed by atoms with Crippen molar-refractivity contribution in [2.24, 2.45) is 0 Å². The van der Waals surface area contributed by atoms with Gasteiger partial charge < -0.3 is 15.0 Å². The van der Waals surface area contributed by atoms with Crippen LogP contribution in [0.5, 0.6) is 0 Å². The number of nitrogens with zero attached hydrogens (tertiary/aromatic N) is 1. The summed E-state index contributed by atoms with van der Waals surface area (Å²) >= 11 is 0. The number of morpholine rings is 1. The molecule has 2 N–H and O–H groups in total. The van der Waals surface area contributed by atoms with E-state index in [1.807, 2.05) is 13.8 Å². The van der Waals surface area contributed by atoms with Crippen molar-refractivity contribution in [3.8, 4) is 0 Å². The normalized spacial score (nSPS) is 19.7. The molecule has 1 aliphatic heterocycles. The Labute approximate surface area is 179 Å². The second-order valence-corrected chi connectivity index (χ2v) is 10.4. The molecule has 2 amide bonds. The maximum absolute atomic E-state index is 12.7. The van der Waals surface area contributed by atoms with Crippen molar-refractivity contribution in [3.05, 3.63) is 29.8 Å². The summed E-state index contributed by atoms with van der Waals surface area (Å²) in [7, 11) is -3.26. The minimum Gasteiger partial charge on any atom is -0.372 e. The minimum atomic E-state index is -3.26. The van der Waals surface area contributed by atoms with Gasteiger partial charge in [0.1, 0.15) is 0 Å². The Hall–Kier alpha value is -1.97. The second-order valence-electron chi connectivity index (χ2n) is 8.04. The molecule has 0 saturated carbocycles. The topological polar surface area (TPSA) is 105 Å². The molecule has 0 radical (unpaired) electrons. The zero-order valence-corrected chi connectivity index (χ0v) is 19.0. The number of carbonyl (C=O) groups is 2. The summed E-state index contributed by atoms with van der Waals surface area (Å²) in [6.45, 7) is 8.60. The molecule has 0 aromatic heterocycles. The lowest BCUT2D eigenvalue weighted by molar-refractivity contribution is -0.116. The van der Waals surface area contributed by atoms with E-state index in [1.165, 1.54) is 0 Å². The third-order valence-electron chi connectivity index (χ3n) is 4.88. The SMILES string of the molecule is CC1CN(C(=O)c2ccc(NC(=O)CCCCNS(=O)(=O)C(C)C)cc2)CC(C)O1. The molecule has 1 heterocycles. The molecular weight excluding hydrogens is 406 g/mol. The molecule has 1 aromatic rings. The number of sulfonamides is 1. The number of hydrogen-bond donors (Lipinski definition) is 2. The number of amides is 2. The van der Waals surface area contributed by atoms with E-state index in [4.69, 9.17) is 4.74 Å². The van der Waals surface area contributed by atoms with Crippen LogP contribution >= 0.6 is 0 Å². The molecule has 2 atom stereocenters. The molecular formula is C21H33N3O5S. The Morgan fingerprint density at radius 3 is 2.27 bits per heavy atom. The lowest BCUT2D eigenvalue weighted by Gasteiger charge is -2.35. The molecule has 9 heteroatoms. The summed E-state index contributed by atoms with van der Waals surface area (Å²) in [6, 6.07) is 6.86. The van der Waals surface area contributed by atoms with Gasteiger partial charge in [0.2, 0.25) is 15.9 Å². The van der Waals surface area contributed by atoms with E-state index in [0.29, 0.717) is 50.1 Å². The summed E-state index contributed by atoms with van der Waals surface area (Å²) in [5, 5.41) is 2.34. The Bertz CT molecular complexity index is 814. The van der Waals surface area contributed by atoms with E-state index in [1.54, 1.807) is 43.0 Å². The third kappa shape index (κ3) is 7.37. The first-order valence-electron chi connectivity index (χ1n) is 10.4. The van der Waals surface area contributed by atoms with Gasteiger partial charge in [0, 0.05) is 37.3 Å². The van der Waals surface area contributed by atoms with Crippen LogP contribution in [0.15, 0.2) is 24.3 Å². The average molecular weight is 440 g/mol. The summed E-state index contributed by atoms with van der Waals surface area (Å²) in [6.07, 6.45) is 1.49. The van der Waals surface area contributed by atoms with E-state index in [9.17, 15) is 18.0 Å². The van der Waals surface area contributed by atoms with Crippen molar-refractivity contribution < 1.29 is 22.7 Å². The van der Waals surface area contributed by atoms with Gasteiger partial charge in [0.05, 0.1) is 17.5 Å². The Morgan fingerprint density at radius 1 is 1.10 bits per heavy atom. The van der Waals surface area contributed by atoms with E-state index < -0.39 is 15.3 Å². The number of unbranched alkanes of at least 4 members (excludes halogenated alkanes) is 1. The highest BCUT2D eigenvalue weighted by atomic mass is 32.2. The van der Waals surface area contributed by atoms with Crippen molar-refractivity contribution in [1.82, 2.24) is 9.62 Å². The number of nitrogens with one attached hydrogen (secondary N) is 2. The smallest absolute Gasteiger partial charge is 0.254 e. The van der Waals surface area contributed by atoms with Crippen molar-refractivity contribution in [3.63, 3.8) is 0 Å².